The molecule has 0 saturated heterocycles. The summed E-state index contributed by atoms with van der Waals surface area (Å²) in [6.07, 6.45) is 1.18. The first-order valence-corrected chi connectivity index (χ1v) is 16.2. The van der Waals surface area contributed by atoms with Crippen LogP contribution in [0.5, 0.6) is 0 Å². The van der Waals surface area contributed by atoms with Gasteiger partial charge in [-0.2, -0.15) is 0 Å². The number of carbonyl (C=O) groups is 2. The van der Waals surface area contributed by atoms with Crippen LogP contribution in [0.4, 0.5) is 5.69 Å². The fraction of sp³-hybridized carbons (Fsp3) is 0.588. The summed E-state index contributed by atoms with van der Waals surface area (Å²) < 4.78 is 23.4. The summed E-state index contributed by atoms with van der Waals surface area (Å²) in [6.45, 7) is 23.7. The van der Waals surface area contributed by atoms with Crippen LogP contribution in [-0.2, 0) is 26.2 Å². The molecule has 0 aromatic heterocycles. The molecule has 0 aliphatic heterocycles. The lowest BCUT2D eigenvalue weighted by atomic mass is 9.48. The predicted molar refractivity (Wildman–Crippen MR) is 172 cm³/mol. The van der Waals surface area contributed by atoms with E-state index in [1.165, 1.54) is 12.1 Å². The van der Waals surface area contributed by atoms with E-state index in [0.717, 1.165) is 5.56 Å². The van der Waals surface area contributed by atoms with E-state index in [1.807, 2.05) is 37.3 Å². The minimum atomic E-state index is -3.84. The molecule has 2 aromatic carbocycles. The topological polar surface area (TPSA) is 118 Å². The molecule has 0 spiro atoms. The average molecular weight is 600 g/mol. The van der Waals surface area contributed by atoms with E-state index in [4.69, 9.17) is 5.14 Å². The van der Waals surface area contributed by atoms with Crippen LogP contribution >= 0.6 is 0 Å². The molecule has 234 valence electrons. The molecule has 0 aliphatic carbocycles. The second kappa shape index (κ2) is 12.5. The van der Waals surface area contributed by atoms with Gasteiger partial charge in [-0.15, -0.1) is 0 Å². The molecule has 4 N–H and O–H groups in total. The molecule has 2 rings (SSSR count). The maximum absolute atomic E-state index is 14.2. The number of anilines is 1. The zero-order valence-corrected chi connectivity index (χ0v) is 28.3. The largest absolute Gasteiger partial charge is 0.352 e. The smallest absolute Gasteiger partial charge is 0.238 e. The monoisotopic (exact) mass is 599 g/mol. The minimum Gasteiger partial charge on any atom is -0.352 e. The Kier molecular flexibility index (Phi) is 10.6. The standard InChI is InChI=1S/C34H53N3O4S/c1-30(2,3)23-34(11,29(39)37-25-17-19-26(20-18-25)42(35,40)41)33(9,10)32(7,8)21-27(31(4,5)6)28(38)36-22-24-15-13-12-14-16-24/h12-20,27H,21-23H2,1-11H3,(H,36,38)(H,37,39)(H2,35,40,41). The Hall–Kier alpha value is -2.71. The molecule has 0 aliphatic rings. The first-order chi connectivity index (χ1) is 18.9. The zero-order chi connectivity index (χ0) is 32.4. The summed E-state index contributed by atoms with van der Waals surface area (Å²) in [5.74, 6) is -0.435. The molecule has 2 amide bonds. The second-order valence-electron chi connectivity index (χ2n) is 15.4. The maximum atomic E-state index is 14.2. The van der Waals surface area contributed by atoms with Gasteiger partial charge < -0.3 is 10.6 Å². The number of benzene rings is 2. The summed E-state index contributed by atoms with van der Waals surface area (Å²) in [7, 11) is -3.84. The Bertz CT molecular complexity index is 1340. The number of nitrogens with two attached hydrogens (primary N) is 1. The molecule has 7 nitrogen and oxygen atoms in total. The molecule has 0 bridgehead atoms. The van der Waals surface area contributed by atoms with Gasteiger partial charge in [0.15, 0.2) is 0 Å². The van der Waals surface area contributed by atoms with Crippen molar-refractivity contribution in [1.29, 1.82) is 0 Å². The lowest BCUT2D eigenvalue weighted by molar-refractivity contribution is -0.146. The first-order valence-electron chi connectivity index (χ1n) is 14.7. The summed E-state index contributed by atoms with van der Waals surface area (Å²) in [4.78, 5) is 27.9. The lowest BCUT2D eigenvalue weighted by Crippen LogP contribution is -2.55. The predicted octanol–water partition coefficient (Wildman–Crippen LogP) is 7.14. The van der Waals surface area contributed by atoms with Crippen molar-refractivity contribution < 1.29 is 18.0 Å². The molecule has 0 radical (unpaired) electrons. The van der Waals surface area contributed by atoms with E-state index >= 15 is 0 Å². The van der Waals surface area contributed by atoms with Gasteiger partial charge in [-0.1, -0.05) is 106 Å². The Morgan fingerprint density at radius 1 is 0.810 bits per heavy atom. The van der Waals surface area contributed by atoms with Gasteiger partial charge in [-0.3, -0.25) is 9.59 Å². The van der Waals surface area contributed by atoms with Crippen LogP contribution in [0.15, 0.2) is 59.5 Å². The summed E-state index contributed by atoms with van der Waals surface area (Å²) in [6, 6.07) is 15.8. The van der Waals surface area contributed by atoms with E-state index < -0.39 is 26.3 Å². The Labute approximate surface area is 254 Å². The van der Waals surface area contributed by atoms with Crippen molar-refractivity contribution in [2.24, 2.45) is 38.1 Å². The van der Waals surface area contributed by atoms with Crippen LogP contribution in [-0.4, -0.2) is 20.2 Å². The molecule has 0 heterocycles. The average Bonchev–Trinajstić information content (AvgIpc) is 2.84. The maximum Gasteiger partial charge on any atom is 0.238 e. The quantitative estimate of drug-likeness (QED) is 0.254. The number of carbonyl (C=O) groups excluding carboxylic acids is 2. The van der Waals surface area contributed by atoms with Crippen molar-refractivity contribution in [2.75, 3.05) is 5.32 Å². The van der Waals surface area contributed by atoms with Crippen LogP contribution in [0.2, 0.25) is 0 Å². The molecule has 2 atom stereocenters. The van der Waals surface area contributed by atoms with E-state index in [9.17, 15) is 18.0 Å². The Morgan fingerprint density at radius 3 is 1.79 bits per heavy atom. The molecule has 0 fully saturated rings. The van der Waals surface area contributed by atoms with Gasteiger partial charge >= 0.3 is 0 Å². The third kappa shape index (κ3) is 8.66. The molecule has 8 heteroatoms. The normalized spacial score (nSPS) is 15.4. The molecule has 2 unspecified atom stereocenters. The highest BCUT2D eigenvalue weighted by molar-refractivity contribution is 7.89. The number of primary sulfonamides is 1. The van der Waals surface area contributed by atoms with Crippen LogP contribution in [0, 0.1) is 33.0 Å². The second-order valence-corrected chi connectivity index (χ2v) is 17.0. The molecule has 2 aromatic rings. The lowest BCUT2D eigenvalue weighted by Gasteiger charge is -2.55. The third-order valence-corrected chi connectivity index (χ3v) is 10.2. The van der Waals surface area contributed by atoms with Gasteiger partial charge in [0, 0.05) is 18.2 Å². The van der Waals surface area contributed by atoms with Gasteiger partial charge in [0.1, 0.15) is 0 Å². The van der Waals surface area contributed by atoms with Crippen molar-refractivity contribution in [1.82, 2.24) is 5.32 Å². The SMILES string of the molecule is CC(C)(C)CC(C)(C(=O)Nc1ccc(S(N)(=O)=O)cc1)C(C)(C)C(C)(C)CC(C(=O)NCc1ccccc1)C(C)(C)C. The van der Waals surface area contributed by atoms with Gasteiger partial charge in [0.25, 0.3) is 0 Å². The Balaban J connectivity index is 2.43. The third-order valence-electron chi connectivity index (χ3n) is 9.28. The van der Waals surface area contributed by atoms with Crippen molar-refractivity contribution >= 4 is 27.5 Å². The number of rotatable bonds is 11. The van der Waals surface area contributed by atoms with E-state index in [-0.39, 0.29) is 33.5 Å². The van der Waals surface area contributed by atoms with Gasteiger partial charge in [-0.05, 0) is 64.3 Å². The summed E-state index contributed by atoms with van der Waals surface area (Å²) >= 11 is 0. The van der Waals surface area contributed by atoms with Crippen molar-refractivity contribution in [3.05, 3.63) is 60.2 Å². The van der Waals surface area contributed by atoms with Crippen molar-refractivity contribution in [2.45, 2.75) is 100 Å². The van der Waals surface area contributed by atoms with E-state index in [2.05, 4.69) is 79.9 Å². The number of hydrogen-bond donors (Lipinski definition) is 3. The zero-order valence-electron chi connectivity index (χ0n) is 27.5. The fourth-order valence-corrected chi connectivity index (χ4v) is 6.37. The van der Waals surface area contributed by atoms with E-state index in [0.29, 0.717) is 25.1 Å². The molecular weight excluding hydrogens is 546 g/mol. The van der Waals surface area contributed by atoms with Crippen LogP contribution in [0.3, 0.4) is 0 Å². The Morgan fingerprint density at radius 2 is 1.33 bits per heavy atom. The van der Waals surface area contributed by atoms with Crippen LogP contribution < -0.4 is 15.8 Å². The molecule has 42 heavy (non-hydrogen) atoms. The first kappa shape index (κ1) is 35.5. The summed E-state index contributed by atoms with van der Waals surface area (Å²) in [5.41, 5.74) is -0.796. The van der Waals surface area contributed by atoms with Crippen molar-refractivity contribution in [3.63, 3.8) is 0 Å². The van der Waals surface area contributed by atoms with Gasteiger partial charge in [0.05, 0.1) is 10.3 Å². The van der Waals surface area contributed by atoms with Gasteiger partial charge in [0.2, 0.25) is 21.8 Å². The van der Waals surface area contributed by atoms with Gasteiger partial charge in [-0.25, -0.2) is 13.6 Å². The summed E-state index contributed by atoms with van der Waals surface area (Å²) in [5, 5.41) is 11.5. The van der Waals surface area contributed by atoms with Crippen LogP contribution in [0.1, 0.15) is 94.6 Å². The minimum absolute atomic E-state index is 0.00662. The number of hydrogen-bond acceptors (Lipinski definition) is 4. The fourth-order valence-electron chi connectivity index (χ4n) is 5.86. The number of nitrogens with one attached hydrogen (secondary N) is 2. The van der Waals surface area contributed by atoms with Crippen molar-refractivity contribution in [3.8, 4) is 0 Å². The number of sulfonamides is 1. The highest BCUT2D eigenvalue weighted by atomic mass is 32.2. The highest BCUT2D eigenvalue weighted by Gasteiger charge is 2.56. The molecule has 0 saturated carbocycles. The molecular formula is C34H53N3O4S. The number of amides is 2. The van der Waals surface area contributed by atoms with E-state index in [1.54, 1.807) is 12.1 Å². The van der Waals surface area contributed by atoms with Crippen LogP contribution in [0.25, 0.3) is 0 Å². The highest BCUT2D eigenvalue weighted by Crippen LogP contribution is 2.59.